The van der Waals surface area contributed by atoms with Crippen molar-refractivity contribution >= 4 is 28.7 Å². The Morgan fingerprint density at radius 1 is 1.22 bits per heavy atom. The monoisotopic (exact) mass is 316 g/mol. The zero-order chi connectivity index (χ0) is 17.0. The minimum Gasteiger partial charge on any atom is -0.468 e. The first-order chi connectivity index (χ1) is 10.8. The molecule has 122 valence electrons. The molecule has 0 bridgehead atoms. The van der Waals surface area contributed by atoms with Gasteiger partial charge in [0.25, 0.3) is 0 Å². The van der Waals surface area contributed by atoms with E-state index in [4.69, 9.17) is 4.74 Å². The number of pyridine rings is 1. The van der Waals surface area contributed by atoms with Gasteiger partial charge in [-0.3, -0.25) is 14.7 Å². The molecule has 2 aromatic rings. The Morgan fingerprint density at radius 3 is 2.57 bits per heavy atom. The average Bonchev–Trinajstić information content (AvgIpc) is 2.50. The van der Waals surface area contributed by atoms with Crippen molar-refractivity contribution in [3.8, 4) is 0 Å². The Bertz CT molecular complexity index is 722. The summed E-state index contributed by atoms with van der Waals surface area (Å²) in [4.78, 5) is 29.6. The fraction of sp³-hybridized carbons (Fsp3) is 0.353. The summed E-state index contributed by atoms with van der Waals surface area (Å²) in [5.41, 5.74) is 0.609. The Hall–Kier alpha value is -2.63. The van der Waals surface area contributed by atoms with Gasteiger partial charge >= 0.3 is 12.1 Å². The third-order valence-corrected chi connectivity index (χ3v) is 3.02. The number of carbonyl (C=O) groups is 2. The molecule has 6 heteroatoms. The number of amides is 1. The molecule has 0 atom stereocenters. The Morgan fingerprint density at radius 2 is 1.91 bits per heavy atom. The number of hydrogen-bond donors (Lipinski definition) is 0. The molecule has 0 aliphatic rings. The minimum absolute atomic E-state index is 0.245. The first kappa shape index (κ1) is 16.7. The van der Waals surface area contributed by atoms with Gasteiger partial charge in [-0.2, -0.15) is 0 Å². The minimum atomic E-state index is -0.671. The van der Waals surface area contributed by atoms with Gasteiger partial charge in [0.2, 0.25) is 0 Å². The number of hydrogen-bond acceptors (Lipinski definition) is 5. The van der Waals surface area contributed by atoms with E-state index in [1.807, 2.05) is 24.3 Å². The standard InChI is InChI=1S/C17H20N2O4/c1-17(2,3)23-16(21)19(11-15(20)22-4)13-9-12-7-5-6-8-14(12)18-10-13/h5-10H,11H2,1-4H3. The van der Waals surface area contributed by atoms with Gasteiger partial charge < -0.3 is 9.47 Å². The highest BCUT2D eigenvalue weighted by molar-refractivity contribution is 5.95. The zero-order valence-corrected chi connectivity index (χ0v) is 13.7. The number of aromatic nitrogens is 1. The topological polar surface area (TPSA) is 68.7 Å². The van der Waals surface area contributed by atoms with Crippen LogP contribution in [0.3, 0.4) is 0 Å². The largest absolute Gasteiger partial charge is 0.468 e. The van der Waals surface area contributed by atoms with Crippen LogP contribution in [-0.2, 0) is 14.3 Å². The van der Waals surface area contributed by atoms with Crippen molar-refractivity contribution in [2.45, 2.75) is 26.4 Å². The molecule has 6 nitrogen and oxygen atoms in total. The van der Waals surface area contributed by atoms with Crippen molar-refractivity contribution in [2.24, 2.45) is 0 Å². The van der Waals surface area contributed by atoms with E-state index in [1.54, 1.807) is 26.8 Å². The number of nitrogens with zero attached hydrogens (tertiary/aromatic N) is 2. The first-order valence-electron chi connectivity index (χ1n) is 7.22. The summed E-state index contributed by atoms with van der Waals surface area (Å²) in [5, 5.41) is 0.864. The van der Waals surface area contributed by atoms with Crippen LogP contribution in [0.4, 0.5) is 10.5 Å². The highest BCUT2D eigenvalue weighted by atomic mass is 16.6. The van der Waals surface area contributed by atoms with Crippen LogP contribution >= 0.6 is 0 Å². The van der Waals surface area contributed by atoms with Crippen LogP contribution in [0.2, 0.25) is 0 Å². The molecule has 0 radical (unpaired) electrons. The second-order valence-corrected chi connectivity index (χ2v) is 6.03. The van der Waals surface area contributed by atoms with E-state index in [2.05, 4.69) is 9.72 Å². The van der Waals surface area contributed by atoms with E-state index in [9.17, 15) is 9.59 Å². The summed E-state index contributed by atoms with van der Waals surface area (Å²) in [7, 11) is 1.27. The summed E-state index contributed by atoms with van der Waals surface area (Å²) < 4.78 is 10.0. The number of methoxy groups -OCH3 is 1. The van der Waals surface area contributed by atoms with Gasteiger partial charge in [-0.25, -0.2) is 4.79 Å². The number of para-hydroxylation sites is 1. The molecule has 0 N–H and O–H groups in total. The summed E-state index contributed by atoms with van der Waals surface area (Å²) in [6.45, 7) is 5.05. The van der Waals surface area contributed by atoms with Gasteiger partial charge in [-0.15, -0.1) is 0 Å². The molecule has 0 saturated heterocycles. The van der Waals surface area contributed by atoms with Crippen molar-refractivity contribution in [1.29, 1.82) is 0 Å². The van der Waals surface area contributed by atoms with Crippen molar-refractivity contribution in [1.82, 2.24) is 4.98 Å². The number of rotatable bonds is 3. The number of ether oxygens (including phenoxy) is 2. The highest BCUT2D eigenvalue weighted by Gasteiger charge is 2.26. The fourth-order valence-electron chi connectivity index (χ4n) is 1.98. The van der Waals surface area contributed by atoms with Crippen LogP contribution in [0.15, 0.2) is 36.5 Å². The summed E-state index contributed by atoms with van der Waals surface area (Å²) in [6.07, 6.45) is 0.912. The van der Waals surface area contributed by atoms with Gasteiger partial charge in [0.15, 0.2) is 0 Å². The maximum atomic E-state index is 12.4. The van der Waals surface area contributed by atoms with Crippen LogP contribution in [0.1, 0.15) is 20.8 Å². The van der Waals surface area contributed by atoms with Crippen LogP contribution in [-0.4, -0.2) is 36.3 Å². The van der Waals surface area contributed by atoms with Crippen molar-refractivity contribution < 1.29 is 19.1 Å². The molecule has 1 heterocycles. The van der Waals surface area contributed by atoms with Crippen LogP contribution in [0, 0.1) is 0 Å². The molecule has 23 heavy (non-hydrogen) atoms. The summed E-state index contributed by atoms with van der Waals surface area (Å²) >= 11 is 0. The number of esters is 1. The predicted molar refractivity (Wildman–Crippen MR) is 87.3 cm³/mol. The molecule has 0 unspecified atom stereocenters. The lowest BCUT2D eigenvalue weighted by molar-refractivity contribution is -0.139. The molecular weight excluding hydrogens is 296 g/mol. The van der Waals surface area contributed by atoms with Crippen LogP contribution in [0.25, 0.3) is 10.9 Å². The average molecular weight is 316 g/mol. The van der Waals surface area contributed by atoms with Gasteiger partial charge in [0.05, 0.1) is 24.5 Å². The number of anilines is 1. The van der Waals surface area contributed by atoms with Crippen LogP contribution in [0.5, 0.6) is 0 Å². The zero-order valence-electron chi connectivity index (χ0n) is 13.7. The van der Waals surface area contributed by atoms with Crippen molar-refractivity contribution in [3.05, 3.63) is 36.5 Å². The summed E-state index contributed by atoms with van der Waals surface area (Å²) in [6, 6.07) is 9.31. The third kappa shape index (κ3) is 4.42. The highest BCUT2D eigenvalue weighted by Crippen LogP contribution is 2.22. The van der Waals surface area contributed by atoms with E-state index in [-0.39, 0.29) is 6.54 Å². The Balaban J connectivity index is 2.37. The Kier molecular flexibility index (Phi) is 4.83. The molecular formula is C17H20N2O4. The molecule has 2 rings (SSSR count). The molecule has 1 aromatic heterocycles. The third-order valence-electron chi connectivity index (χ3n) is 3.02. The molecule has 0 aliphatic carbocycles. The first-order valence-corrected chi connectivity index (χ1v) is 7.22. The Labute approximate surface area is 135 Å². The second kappa shape index (κ2) is 6.64. The number of fused-ring (bicyclic) bond motifs is 1. The smallest absolute Gasteiger partial charge is 0.415 e. The maximum absolute atomic E-state index is 12.4. The van der Waals surface area contributed by atoms with E-state index < -0.39 is 17.7 Å². The SMILES string of the molecule is COC(=O)CN(C(=O)OC(C)(C)C)c1cnc2ccccc2c1. The molecule has 1 amide bonds. The van der Waals surface area contributed by atoms with Gasteiger partial charge in [0, 0.05) is 5.39 Å². The lowest BCUT2D eigenvalue weighted by Crippen LogP contribution is -2.40. The maximum Gasteiger partial charge on any atom is 0.415 e. The fourth-order valence-corrected chi connectivity index (χ4v) is 1.98. The quantitative estimate of drug-likeness (QED) is 0.814. The van der Waals surface area contributed by atoms with Gasteiger partial charge in [-0.1, -0.05) is 18.2 Å². The van der Waals surface area contributed by atoms with E-state index in [1.165, 1.54) is 18.2 Å². The molecule has 0 spiro atoms. The second-order valence-electron chi connectivity index (χ2n) is 6.03. The van der Waals surface area contributed by atoms with E-state index in [0.29, 0.717) is 5.69 Å². The molecule has 0 fully saturated rings. The normalized spacial score (nSPS) is 11.1. The lowest BCUT2D eigenvalue weighted by Gasteiger charge is -2.26. The predicted octanol–water partition coefficient (Wildman–Crippen LogP) is 3.15. The molecule has 0 aliphatic heterocycles. The summed E-state index contributed by atoms with van der Waals surface area (Å²) in [5.74, 6) is -0.538. The van der Waals surface area contributed by atoms with Crippen LogP contribution < -0.4 is 4.90 Å². The van der Waals surface area contributed by atoms with Crippen molar-refractivity contribution in [2.75, 3.05) is 18.6 Å². The van der Waals surface area contributed by atoms with E-state index in [0.717, 1.165) is 10.9 Å². The van der Waals surface area contributed by atoms with Gasteiger partial charge in [-0.05, 0) is 32.9 Å². The van der Waals surface area contributed by atoms with E-state index >= 15 is 0 Å². The lowest BCUT2D eigenvalue weighted by atomic mass is 10.2. The molecule has 0 saturated carbocycles. The number of carbonyl (C=O) groups excluding carboxylic acids is 2. The molecule has 1 aromatic carbocycles. The number of benzene rings is 1. The van der Waals surface area contributed by atoms with Gasteiger partial charge in [0.1, 0.15) is 12.1 Å². The van der Waals surface area contributed by atoms with Crippen molar-refractivity contribution in [3.63, 3.8) is 0 Å².